The third-order valence-corrected chi connectivity index (χ3v) is 3.71. The van der Waals surface area contributed by atoms with Gasteiger partial charge in [0.1, 0.15) is 5.69 Å². The van der Waals surface area contributed by atoms with Crippen LogP contribution in [0.15, 0.2) is 53.1 Å². The normalized spacial score (nSPS) is 12.2. The molecule has 0 bridgehead atoms. The lowest BCUT2D eigenvalue weighted by atomic mass is 10.1. The van der Waals surface area contributed by atoms with Crippen LogP contribution in [0.1, 0.15) is 16.1 Å². The minimum atomic E-state index is -0.375. The molecule has 2 heterocycles. The number of benzene rings is 2. The van der Waals surface area contributed by atoms with Gasteiger partial charge in [-0.2, -0.15) is 0 Å². The predicted molar refractivity (Wildman–Crippen MR) is 87.2 cm³/mol. The highest BCUT2D eigenvalue weighted by Crippen LogP contribution is 2.34. The van der Waals surface area contributed by atoms with E-state index in [1.54, 1.807) is 24.3 Å². The van der Waals surface area contributed by atoms with Crippen LogP contribution in [0.4, 0.5) is 5.69 Å². The van der Waals surface area contributed by atoms with E-state index in [1.807, 2.05) is 31.2 Å². The van der Waals surface area contributed by atoms with Crippen LogP contribution in [0, 0.1) is 6.92 Å². The van der Waals surface area contributed by atoms with Crippen molar-refractivity contribution in [3.8, 4) is 22.8 Å². The quantitative estimate of drug-likeness (QED) is 0.797. The summed E-state index contributed by atoms with van der Waals surface area (Å²) in [5, 5.41) is 6.71. The molecule has 0 fully saturated rings. The van der Waals surface area contributed by atoms with Crippen molar-refractivity contribution in [1.82, 2.24) is 5.16 Å². The molecule has 1 aliphatic heterocycles. The van der Waals surface area contributed by atoms with E-state index in [1.165, 1.54) is 0 Å². The maximum absolute atomic E-state index is 12.3. The number of hydrogen-bond donors (Lipinski definition) is 1. The summed E-state index contributed by atoms with van der Waals surface area (Å²) in [5.41, 5.74) is 3.26. The summed E-state index contributed by atoms with van der Waals surface area (Å²) in [7, 11) is 0. The van der Waals surface area contributed by atoms with E-state index in [2.05, 4.69) is 10.5 Å². The fourth-order valence-corrected chi connectivity index (χ4v) is 2.41. The van der Waals surface area contributed by atoms with Gasteiger partial charge in [-0.15, -0.1) is 0 Å². The molecule has 0 radical (unpaired) electrons. The number of carbonyl (C=O) groups is 1. The molecule has 0 spiro atoms. The topological polar surface area (TPSA) is 73.6 Å². The zero-order chi connectivity index (χ0) is 16.5. The number of aromatic nitrogens is 1. The number of fused-ring (bicyclic) bond motifs is 1. The van der Waals surface area contributed by atoms with Crippen molar-refractivity contribution < 1.29 is 18.8 Å². The molecule has 6 nitrogen and oxygen atoms in total. The van der Waals surface area contributed by atoms with Crippen LogP contribution in [-0.4, -0.2) is 17.9 Å². The van der Waals surface area contributed by atoms with E-state index in [0.29, 0.717) is 22.9 Å². The number of hydrogen-bond acceptors (Lipinski definition) is 5. The average Bonchev–Trinajstić information content (AvgIpc) is 3.24. The first kappa shape index (κ1) is 14.3. The Morgan fingerprint density at radius 3 is 2.67 bits per heavy atom. The number of carbonyl (C=O) groups excluding carboxylic acids is 1. The van der Waals surface area contributed by atoms with Gasteiger partial charge in [0.2, 0.25) is 12.6 Å². The molecule has 24 heavy (non-hydrogen) atoms. The van der Waals surface area contributed by atoms with Gasteiger partial charge in [0.05, 0.1) is 0 Å². The molecule has 2 aromatic carbocycles. The van der Waals surface area contributed by atoms with Crippen LogP contribution < -0.4 is 14.8 Å². The minimum Gasteiger partial charge on any atom is -0.454 e. The van der Waals surface area contributed by atoms with Crippen LogP contribution in [0.2, 0.25) is 0 Å². The van der Waals surface area contributed by atoms with Crippen LogP contribution in [0.25, 0.3) is 11.3 Å². The maximum Gasteiger partial charge on any atom is 0.294 e. The van der Waals surface area contributed by atoms with Crippen molar-refractivity contribution in [2.75, 3.05) is 12.1 Å². The van der Waals surface area contributed by atoms with Gasteiger partial charge in [-0.05, 0) is 19.1 Å². The second-order valence-electron chi connectivity index (χ2n) is 5.46. The number of nitrogens with one attached hydrogen (secondary N) is 1. The third kappa shape index (κ3) is 2.69. The van der Waals surface area contributed by atoms with E-state index in [9.17, 15) is 4.79 Å². The first-order valence-electron chi connectivity index (χ1n) is 7.44. The molecule has 1 aromatic heterocycles. The molecule has 1 N–H and O–H groups in total. The lowest BCUT2D eigenvalue weighted by molar-refractivity contribution is 0.0988. The molecule has 4 rings (SSSR count). The number of ether oxygens (including phenoxy) is 2. The zero-order valence-electron chi connectivity index (χ0n) is 12.9. The number of aryl methyl sites for hydroxylation is 1. The summed E-state index contributed by atoms with van der Waals surface area (Å²) < 4.78 is 15.7. The highest BCUT2D eigenvalue weighted by molar-refractivity contribution is 6.02. The van der Waals surface area contributed by atoms with E-state index in [4.69, 9.17) is 14.0 Å². The Kier molecular flexibility index (Phi) is 3.42. The second kappa shape index (κ2) is 5.73. The molecule has 120 valence electrons. The van der Waals surface area contributed by atoms with Gasteiger partial charge in [-0.1, -0.05) is 35.0 Å². The van der Waals surface area contributed by atoms with Gasteiger partial charge in [0, 0.05) is 23.4 Å². The SMILES string of the molecule is Cc1ccc(-c2cc(C(=O)Nc3ccc4c(c3)OCO4)on2)cc1. The zero-order valence-corrected chi connectivity index (χ0v) is 12.9. The van der Waals surface area contributed by atoms with Gasteiger partial charge < -0.3 is 19.3 Å². The van der Waals surface area contributed by atoms with Crippen LogP contribution >= 0.6 is 0 Å². The number of amides is 1. The van der Waals surface area contributed by atoms with E-state index >= 15 is 0 Å². The van der Waals surface area contributed by atoms with Crippen molar-refractivity contribution in [3.05, 3.63) is 59.9 Å². The first-order chi connectivity index (χ1) is 11.7. The van der Waals surface area contributed by atoms with Crippen molar-refractivity contribution >= 4 is 11.6 Å². The minimum absolute atomic E-state index is 0.142. The van der Waals surface area contributed by atoms with Crippen molar-refractivity contribution in [1.29, 1.82) is 0 Å². The van der Waals surface area contributed by atoms with Gasteiger partial charge in [-0.25, -0.2) is 0 Å². The molecule has 0 atom stereocenters. The lowest BCUT2D eigenvalue weighted by Crippen LogP contribution is -2.10. The summed E-state index contributed by atoms with van der Waals surface area (Å²) in [6, 6.07) is 14.6. The van der Waals surface area contributed by atoms with E-state index in [-0.39, 0.29) is 18.5 Å². The monoisotopic (exact) mass is 322 g/mol. The molecular weight excluding hydrogens is 308 g/mol. The summed E-state index contributed by atoms with van der Waals surface area (Å²) in [6.45, 7) is 2.20. The molecule has 0 saturated heterocycles. The Labute approximate surface area is 138 Å². The highest BCUT2D eigenvalue weighted by Gasteiger charge is 2.17. The van der Waals surface area contributed by atoms with Gasteiger partial charge in [-0.3, -0.25) is 4.79 Å². The lowest BCUT2D eigenvalue weighted by Gasteiger charge is -2.03. The molecule has 0 saturated carbocycles. The van der Waals surface area contributed by atoms with Gasteiger partial charge in [0.25, 0.3) is 5.91 Å². The van der Waals surface area contributed by atoms with Gasteiger partial charge in [0.15, 0.2) is 11.5 Å². The van der Waals surface area contributed by atoms with Crippen molar-refractivity contribution in [2.45, 2.75) is 6.92 Å². The number of nitrogens with zero attached hydrogens (tertiary/aromatic N) is 1. The van der Waals surface area contributed by atoms with Gasteiger partial charge >= 0.3 is 0 Å². The number of rotatable bonds is 3. The van der Waals surface area contributed by atoms with E-state index in [0.717, 1.165) is 11.1 Å². The third-order valence-electron chi connectivity index (χ3n) is 3.71. The first-order valence-corrected chi connectivity index (χ1v) is 7.44. The second-order valence-corrected chi connectivity index (χ2v) is 5.46. The van der Waals surface area contributed by atoms with Crippen LogP contribution in [0.3, 0.4) is 0 Å². The predicted octanol–water partition coefficient (Wildman–Crippen LogP) is 3.63. The molecular formula is C18H14N2O4. The molecule has 6 heteroatoms. The molecule has 3 aromatic rings. The van der Waals surface area contributed by atoms with Crippen LogP contribution in [0.5, 0.6) is 11.5 Å². The Balaban J connectivity index is 1.52. The number of anilines is 1. The molecule has 0 aliphatic carbocycles. The van der Waals surface area contributed by atoms with Crippen molar-refractivity contribution in [3.63, 3.8) is 0 Å². The Bertz CT molecular complexity index is 900. The standard InChI is InChI=1S/C18H14N2O4/c1-11-2-4-12(5-3-11)14-9-17(24-20-14)18(21)19-13-6-7-15-16(8-13)23-10-22-15/h2-9H,10H2,1H3,(H,19,21). The Morgan fingerprint density at radius 2 is 1.83 bits per heavy atom. The molecule has 0 unspecified atom stereocenters. The van der Waals surface area contributed by atoms with Crippen molar-refractivity contribution in [2.24, 2.45) is 0 Å². The maximum atomic E-state index is 12.3. The fourth-order valence-electron chi connectivity index (χ4n) is 2.41. The summed E-state index contributed by atoms with van der Waals surface area (Å²) in [5.74, 6) is 1.03. The van der Waals surface area contributed by atoms with E-state index < -0.39 is 0 Å². The molecule has 1 aliphatic rings. The Hall–Kier alpha value is -3.28. The Morgan fingerprint density at radius 1 is 1.04 bits per heavy atom. The largest absolute Gasteiger partial charge is 0.454 e. The average molecular weight is 322 g/mol. The summed E-state index contributed by atoms with van der Waals surface area (Å²) in [4.78, 5) is 12.3. The highest BCUT2D eigenvalue weighted by atomic mass is 16.7. The summed E-state index contributed by atoms with van der Waals surface area (Å²) >= 11 is 0. The van der Waals surface area contributed by atoms with Crippen LogP contribution in [-0.2, 0) is 0 Å². The fraction of sp³-hybridized carbons (Fsp3) is 0.111. The molecule has 1 amide bonds. The smallest absolute Gasteiger partial charge is 0.294 e. The summed E-state index contributed by atoms with van der Waals surface area (Å²) in [6.07, 6.45) is 0.